The van der Waals surface area contributed by atoms with E-state index in [1.54, 1.807) is 6.07 Å². The van der Waals surface area contributed by atoms with E-state index in [4.69, 9.17) is 0 Å². The first kappa shape index (κ1) is 15.0. The first-order chi connectivity index (χ1) is 9.06. The molecule has 0 radical (unpaired) electrons. The van der Waals surface area contributed by atoms with E-state index in [0.29, 0.717) is 10.1 Å². The van der Waals surface area contributed by atoms with Crippen LogP contribution in [0.15, 0.2) is 16.3 Å². The van der Waals surface area contributed by atoms with Crippen molar-refractivity contribution in [3.63, 3.8) is 0 Å². The molecule has 1 aromatic rings. The van der Waals surface area contributed by atoms with Crippen LogP contribution in [-0.2, 0) is 16.4 Å². The third kappa shape index (κ3) is 4.02. The Morgan fingerprint density at radius 3 is 2.79 bits per heavy atom. The highest BCUT2D eigenvalue weighted by atomic mass is 32.2. The number of sulfonamides is 1. The fourth-order valence-electron chi connectivity index (χ4n) is 2.13. The van der Waals surface area contributed by atoms with Gasteiger partial charge >= 0.3 is 0 Å². The molecule has 0 aromatic carbocycles. The molecule has 2 N–H and O–H groups in total. The summed E-state index contributed by atoms with van der Waals surface area (Å²) < 4.78 is 27.6. The quantitative estimate of drug-likeness (QED) is 0.722. The van der Waals surface area contributed by atoms with Gasteiger partial charge in [-0.15, -0.1) is 11.3 Å². The van der Waals surface area contributed by atoms with Gasteiger partial charge < -0.3 is 5.32 Å². The highest BCUT2D eigenvalue weighted by molar-refractivity contribution is 7.91. The standard InChI is InChI=1S/C13H22N2O2S2/c1-3-10-9-12(10)15-19(16,17)13-6-5-11(18-13)7-8-14-4-2/h5-6,10,12,14-15H,3-4,7-9H2,1-2H3. The summed E-state index contributed by atoms with van der Waals surface area (Å²) in [6.07, 6.45) is 2.91. The van der Waals surface area contributed by atoms with Gasteiger partial charge in [-0.05, 0) is 44.0 Å². The van der Waals surface area contributed by atoms with Gasteiger partial charge in [0.25, 0.3) is 0 Å². The van der Waals surface area contributed by atoms with Gasteiger partial charge in [0, 0.05) is 10.9 Å². The minimum Gasteiger partial charge on any atom is -0.317 e. The Kier molecular flexibility index (Phi) is 5.00. The second-order valence-corrected chi connectivity index (χ2v) is 8.07. The molecule has 2 rings (SSSR count). The average Bonchev–Trinajstić information content (AvgIpc) is 2.92. The Bertz CT molecular complexity index is 510. The summed E-state index contributed by atoms with van der Waals surface area (Å²) >= 11 is 1.38. The van der Waals surface area contributed by atoms with Gasteiger partial charge in [0.15, 0.2) is 0 Å². The maximum absolute atomic E-state index is 12.2. The number of nitrogens with one attached hydrogen (secondary N) is 2. The van der Waals surface area contributed by atoms with Crippen molar-refractivity contribution >= 4 is 21.4 Å². The molecule has 0 bridgehead atoms. The second kappa shape index (κ2) is 6.35. The second-order valence-electron chi connectivity index (χ2n) is 4.96. The Balaban J connectivity index is 1.93. The van der Waals surface area contributed by atoms with E-state index in [2.05, 4.69) is 23.9 Å². The zero-order valence-electron chi connectivity index (χ0n) is 11.5. The zero-order chi connectivity index (χ0) is 13.9. The van der Waals surface area contributed by atoms with Crippen molar-refractivity contribution in [3.8, 4) is 0 Å². The largest absolute Gasteiger partial charge is 0.317 e. The monoisotopic (exact) mass is 302 g/mol. The number of hydrogen-bond acceptors (Lipinski definition) is 4. The van der Waals surface area contributed by atoms with Crippen LogP contribution in [0.4, 0.5) is 0 Å². The zero-order valence-corrected chi connectivity index (χ0v) is 13.1. The summed E-state index contributed by atoms with van der Waals surface area (Å²) in [6.45, 7) is 6.00. The molecule has 108 valence electrons. The van der Waals surface area contributed by atoms with E-state index in [9.17, 15) is 8.42 Å². The Morgan fingerprint density at radius 1 is 1.37 bits per heavy atom. The predicted molar refractivity (Wildman–Crippen MR) is 79.1 cm³/mol. The van der Waals surface area contributed by atoms with Crippen LogP contribution in [0.1, 0.15) is 31.6 Å². The molecule has 1 aliphatic rings. The van der Waals surface area contributed by atoms with Crippen molar-refractivity contribution in [1.82, 2.24) is 10.0 Å². The topological polar surface area (TPSA) is 58.2 Å². The van der Waals surface area contributed by atoms with Crippen molar-refractivity contribution in [2.75, 3.05) is 13.1 Å². The molecule has 6 heteroatoms. The van der Waals surface area contributed by atoms with E-state index < -0.39 is 10.0 Å². The van der Waals surface area contributed by atoms with Crippen LogP contribution in [0.2, 0.25) is 0 Å². The smallest absolute Gasteiger partial charge is 0.250 e. The average molecular weight is 302 g/mol. The number of likely N-dealkylation sites (N-methyl/N-ethyl adjacent to an activating group) is 1. The molecule has 19 heavy (non-hydrogen) atoms. The molecule has 2 atom stereocenters. The number of thiophene rings is 1. The van der Waals surface area contributed by atoms with E-state index in [0.717, 1.165) is 37.2 Å². The lowest BCUT2D eigenvalue weighted by molar-refractivity contribution is 0.578. The van der Waals surface area contributed by atoms with E-state index >= 15 is 0 Å². The summed E-state index contributed by atoms with van der Waals surface area (Å²) in [4.78, 5) is 1.11. The van der Waals surface area contributed by atoms with Crippen LogP contribution < -0.4 is 10.0 Å². The van der Waals surface area contributed by atoms with E-state index in [-0.39, 0.29) is 6.04 Å². The van der Waals surface area contributed by atoms with Crippen LogP contribution in [0, 0.1) is 5.92 Å². The van der Waals surface area contributed by atoms with Crippen LogP contribution in [-0.4, -0.2) is 27.5 Å². The molecule has 1 aromatic heterocycles. The fraction of sp³-hybridized carbons (Fsp3) is 0.692. The van der Waals surface area contributed by atoms with Crippen molar-refractivity contribution < 1.29 is 8.42 Å². The van der Waals surface area contributed by atoms with Gasteiger partial charge in [-0.2, -0.15) is 0 Å². The lowest BCUT2D eigenvalue weighted by atomic mass is 10.3. The predicted octanol–water partition coefficient (Wildman–Crippen LogP) is 1.98. The SMILES string of the molecule is CCNCCc1ccc(S(=O)(=O)NC2CC2CC)s1. The maximum atomic E-state index is 12.2. The number of rotatable bonds is 8. The summed E-state index contributed by atoms with van der Waals surface area (Å²) in [7, 11) is -3.30. The third-order valence-corrected chi connectivity index (χ3v) is 6.58. The van der Waals surface area contributed by atoms with Crippen LogP contribution in [0.3, 0.4) is 0 Å². The van der Waals surface area contributed by atoms with Gasteiger partial charge in [-0.1, -0.05) is 20.3 Å². The minimum atomic E-state index is -3.30. The maximum Gasteiger partial charge on any atom is 0.250 e. The molecule has 2 unspecified atom stereocenters. The molecule has 4 nitrogen and oxygen atoms in total. The van der Waals surface area contributed by atoms with Crippen molar-refractivity contribution in [2.45, 2.75) is 43.4 Å². The summed E-state index contributed by atoms with van der Waals surface area (Å²) in [6, 6.07) is 3.79. The van der Waals surface area contributed by atoms with Gasteiger partial charge in [0.2, 0.25) is 10.0 Å². The lowest BCUT2D eigenvalue weighted by Crippen LogP contribution is -2.26. The van der Waals surface area contributed by atoms with Gasteiger partial charge in [0.05, 0.1) is 0 Å². The van der Waals surface area contributed by atoms with Crippen molar-refractivity contribution in [2.24, 2.45) is 5.92 Å². The molecule has 1 saturated carbocycles. The molecule has 0 amide bonds. The Morgan fingerprint density at radius 2 is 2.16 bits per heavy atom. The number of hydrogen-bond donors (Lipinski definition) is 2. The highest BCUT2D eigenvalue weighted by Gasteiger charge is 2.38. The molecule has 1 heterocycles. The molecule has 0 spiro atoms. The lowest BCUT2D eigenvalue weighted by Gasteiger charge is -2.03. The first-order valence-electron chi connectivity index (χ1n) is 6.88. The van der Waals surface area contributed by atoms with Crippen LogP contribution in [0.5, 0.6) is 0 Å². The molecule has 1 fully saturated rings. The third-order valence-electron chi connectivity index (χ3n) is 3.45. The molecular weight excluding hydrogens is 280 g/mol. The van der Waals surface area contributed by atoms with Gasteiger partial charge in [-0.25, -0.2) is 13.1 Å². The van der Waals surface area contributed by atoms with E-state index in [1.165, 1.54) is 11.3 Å². The molecule has 0 saturated heterocycles. The van der Waals surface area contributed by atoms with Crippen LogP contribution >= 0.6 is 11.3 Å². The summed E-state index contributed by atoms with van der Waals surface area (Å²) in [5.41, 5.74) is 0. The van der Waals surface area contributed by atoms with Crippen molar-refractivity contribution in [3.05, 3.63) is 17.0 Å². The summed E-state index contributed by atoms with van der Waals surface area (Å²) in [5.74, 6) is 0.531. The highest BCUT2D eigenvalue weighted by Crippen LogP contribution is 2.35. The Labute approximate surface area is 119 Å². The van der Waals surface area contributed by atoms with Crippen molar-refractivity contribution in [1.29, 1.82) is 0 Å². The Hall–Kier alpha value is -0.430. The van der Waals surface area contributed by atoms with Gasteiger partial charge in [-0.3, -0.25) is 0 Å². The summed E-state index contributed by atoms with van der Waals surface area (Å²) in [5, 5.41) is 3.24. The first-order valence-corrected chi connectivity index (χ1v) is 9.18. The minimum absolute atomic E-state index is 0.155. The normalized spacial score (nSPS) is 22.6. The molecule has 0 aliphatic heterocycles. The van der Waals surface area contributed by atoms with Gasteiger partial charge in [0.1, 0.15) is 4.21 Å². The van der Waals surface area contributed by atoms with E-state index in [1.807, 2.05) is 6.07 Å². The van der Waals surface area contributed by atoms with Crippen LogP contribution in [0.25, 0.3) is 0 Å². The molecule has 1 aliphatic carbocycles. The fourth-order valence-corrected chi connectivity index (χ4v) is 4.82. The molecular formula is C13H22N2O2S2.